The molecule has 0 bridgehead atoms. The number of hydrogen-bond acceptors (Lipinski definition) is 5. The molecule has 188 valence electrons. The molecule has 0 spiro atoms. The van der Waals surface area contributed by atoms with Gasteiger partial charge < -0.3 is 25.1 Å². The fraction of sp³-hybridized carbons (Fsp3) is 0.519. The molecule has 2 aliphatic rings. The number of amides is 2. The SMILES string of the molecule is CC(C)(C)N[C@@H]1CC[C@H](N2CC[C@H](NC(=O)c3cc(-c4ccccc4)co3)C2=O)[C@](C)(C(=O)O)C1. The maximum absolute atomic E-state index is 13.3. The van der Waals surface area contributed by atoms with Crippen molar-refractivity contribution in [3.8, 4) is 11.1 Å². The highest BCUT2D eigenvalue weighted by atomic mass is 16.4. The number of carboxylic acid groups (broad SMARTS) is 1. The van der Waals surface area contributed by atoms with Crippen molar-refractivity contribution in [3.05, 3.63) is 48.4 Å². The average Bonchev–Trinajstić information content (AvgIpc) is 3.41. The summed E-state index contributed by atoms with van der Waals surface area (Å²) in [5, 5.41) is 16.5. The summed E-state index contributed by atoms with van der Waals surface area (Å²) in [5.41, 5.74) is 0.527. The number of aliphatic carboxylic acids is 1. The largest absolute Gasteiger partial charge is 0.481 e. The number of carbonyl (C=O) groups is 3. The van der Waals surface area contributed by atoms with Crippen molar-refractivity contribution in [1.29, 1.82) is 0 Å². The van der Waals surface area contributed by atoms with Crippen molar-refractivity contribution >= 4 is 17.8 Å². The Morgan fingerprint density at radius 3 is 2.49 bits per heavy atom. The molecule has 2 fully saturated rings. The molecule has 2 heterocycles. The van der Waals surface area contributed by atoms with Crippen LogP contribution >= 0.6 is 0 Å². The van der Waals surface area contributed by atoms with Crippen LogP contribution in [0.3, 0.4) is 0 Å². The smallest absolute Gasteiger partial charge is 0.311 e. The number of carboxylic acids is 1. The predicted molar refractivity (Wildman–Crippen MR) is 132 cm³/mol. The van der Waals surface area contributed by atoms with Crippen molar-refractivity contribution < 1.29 is 23.9 Å². The van der Waals surface area contributed by atoms with E-state index in [4.69, 9.17) is 4.42 Å². The van der Waals surface area contributed by atoms with Crippen LogP contribution in [0.2, 0.25) is 0 Å². The number of hydrogen-bond donors (Lipinski definition) is 3. The van der Waals surface area contributed by atoms with Crippen LogP contribution in [0.25, 0.3) is 11.1 Å². The molecular formula is C27H35N3O5. The number of nitrogens with one attached hydrogen (secondary N) is 2. The summed E-state index contributed by atoms with van der Waals surface area (Å²) < 4.78 is 5.46. The third kappa shape index (κ3) is 5.27. The lowest BCUT2D eigenvalue weighted by atomic mass is 9.68. The van der Waals surface area contributed by atoms with E-state index >= 15 is 0 Å². The van der Waals surface area contributed by atoms with Crippen molar-refractivity contribution in [1.82, 2.24) is 15.5 Å². The molecule has 1 saturated heterocycles. The highest BCUT2D eigenvalue weighted by Crippen LogP contribution is 2.41. The van der Waals surface area contributed by atoms with Crippen molar-refractivity contribution in [2.75, 3.05) is 6.54 Å². The maximum Gasteiger partial charge on any atom is 0.311 e. The van der Waals surface area contributed by atoms with Gasteiger partial charge in [0.05, 0.1) is 11.7 Å². The fourth-order valence-electron chi connectivity index (χ4n) is 5.50. The van der Waals surface area contributed by atoms with Gasteiger partial charge in [-0.15, -0.1) is 0 Å². The molecule has 8 nitrogen and oxygen atoms in total. The summed E-state index contributed by atoms with van der Waals surface area (Å²) in [6.45, 7) is 8.36. The minimum absolute atomic E-state index is 0.0679. The van der Waals surface area contributed by atoms with Crippen LogP contribution in [0, 0.1) is 5.41 Å². The van der Waals surface area contributed by atoms with Gasteiger partial charge in [-0.25, -0.2) is 0 Å². The molecule has 1 saturated carbocycles. The highest BCUT2D eigenvalue weighted by molar-refractivity contribution is 5.97. The quantitative estimate of drug-likeness (QED) is 0.580. The molecule has 2 amide bonds. The second-order valence-electron chi connectivity index (χ2n) is 11.0. The Bertz CT molecular complexity index is 1090. The van der Waals surface area contributed by atoms with E-state index in [2.05, 4.69) is 31.4 Å². The molecule has 35 heavy (non-hydrogen) atoms. The first-order chi connectivity index (χ1) is 16.5. The Morgan fingerprint density at radius 1 is 1.11 bits per heavy atom. The molecule has 0 unspecified atom stereocenters. The van der Waals surface area contributed by atoms with E-state index in [1.165, 1.54) is 6.26 Å². The van der Waals surface area contributed by atoms with Crippen LogP contribution < -0.4 is 10.6 Å². The van der Waals surface area contributed by atoms with E-state index in [1.54, 1.807) is 17.9 Å². The third-order valence-electron chi connectivity index (χ3n) is 7.17. The van der Waals surface area contributed by atoms with Crippen molar-refractivity contribution in [3.63, 3.8) is 0 Å². The first-order valence-electron chi connectivity index (χ1n) is 12.2. The van der Waals surface area contributed by atoms with Crippen LogP contribution in [0.5, 0.6) is 0 Å². The molecule has 0 radical (unpaired) electrons. The molecule has 1 aliphatic carbocycles. The van der Waals surface area contributed by atoms with Gasteiger partial charge in [-0.05, 0) is 65.0 Å². The molecule has 3 N–H and O–H groups in total. The topological polar surface area (TPSA) is 112 Å². The zero-order valence-electron chi connectivity index (χ0n) is 20.8. The summed E-state index contributed by atoms with van der Waals surface area (Å²) >= 11 is 0. The second-order valence-corrected chi connectivity index (χ2v) is 11.0. The van der Waals surface area contributed by atoms with Gasteiger partial charge in [0, 0.05) is 29.7 Å². The van der Waals surface area contributed by atoms with E-state index in [-0.39, 0.29) is 23.2 Å². The number of nitrogens with zero attached hydrogens (tertiary/aromatic N) is 1. The summed E-state index contributed by atoms with van der Waals surface area (Å²) in [4.78, 5) is 40.1. The van der Waals surface area contributed by atoms with Gasteiger partial charge >= 0.3 is 5.97 Å². The van der Waals surface area contributed by atoms with Crippen LogP contribution in [0.1, 0.15) is 63.9 Å². The minimum Gasteiger partial charge on any atom is -0.481 e. The number of likely N-dealkylation sites (tertiary alicyclic amines) is 1. The number of carbonyl (C=O) groups excluding carboxylic acids is 2. The second kappa shape index (κ2) is 9.49. The van der Waals surface area contributed by atoms with Crippen molar-refractivity contribution in [2.45, 2.75) is 77.0 Å². The first kappa shape index (κ1) is 25.0. The number of benzene rings is 1. The molecular weight excluding hydrogens is 446 g/mol. The summed E-state index contributed by atoms with van der Waals surface area (Å²) in [6, 6.07) is 10.2. The molecule has 1 aromatic heterocycles. The van der Waals surface area contributed by atoms with Crippen LogP contribution in [-0.2, 0) is 9.59 Å². The zero-order valence-corrected chi connectivity index (χ0v) is 20.8. The van der Waals surface area contributed by atoms with Gasteiger partial charge in [-0.1, -0.05) is 30.3 Å². The van der Waals surface area contributed by atoms with Gasteiger partial charge in [0.1, 0.15) is 6.04 Å². The average molecular weight is 482 g/mol. The van der Waals surface area contributed by atoms with Crippen LogP contribution in [-0.4, -0.2) is 58.0 Å². The number of furan rings is 1. The Morgan fingerprint density at radius 2 is 1.83 bits per heavy atom. The lowest BCUT2D eigenvalue weighted by molar-refractivity contribution is -0.158. The van der Waals surface area contributed by atoms with E-state index < -0.39 is 29.4 Å². The Kier molecular flexibility index (Phi) is 6.77. The summed E-state index contributed by atoms with van der Waals surface area (Å²) in [6.07, 6.45) is 3.80. The zero-order chi connectivity index (χ0) is 25.4. The Labute approximate surface area is 206 Å². The van der Waals surface area contributed by atoms with Gasteiger partial charge in [0.2, 0.25) is 5.91 Å². The van der Waals surface area contributed by atoms with E-state index in [1.807, 2.05) is 30.3 Å². The summed E-state index contributed by atoms with van der Waals surface area (Å²) in [5.74, 6) is -1.44. The lowest BCUT2D eigenvalue weighted by Crippen LogP contribution is -2.59. The Balaban J connectivity index is 1.43. The van der Waals surface area contributed by atoms with E-state index in [0.29, 0.717) is 25.8 Å². The maximum atomic E-state index is 13.3. The predicted octanol–water partition coefficient (Wildman–Crippen LogP) is 3.68. The van der Waals surface area contributed by atoms with E-state index in [0.717, 1.165) is 17.5 Å². The summed E-state index contributed by atoms with van der Waals surface area (Å²) in [7, 11) is 0. The molecule has 4 atom stereocenters. The van der Waals surface area contributed by atoms with Crippen LogP contribution in [0.4, 0.5) is 0 Å². The van der Waals surface area contributed by atoms with Gasteiger partial charge in [0.15, 0.2) is 5.76 Å². The highest BCUT2D eigenvalue weighted by Gasteiger charge is 2.52. The van der Waals surface area contributed by atoms with Crippen molar-refractivity contribution in [2.24, 2.45) is 5.41 Å². The Hall–Kier alpha value is -3.13. The van der Waals surface area contributed by atoms with Crippen LogP contribution in [0.15, 0.2) is 47.1 Å². The minimum atomic E-state index is -1.07. The standard InChI is InChI=1S/C27H35N3O5/c1-26(2,3)29-19-10-11-22(27(4,15-19)25(33)34)30-13-12-20(24(30)32)28-23(31)21-14-18(16-35-21)17-8-6-5-7-9-17/h5-9,14,16,19-20,22,29H,10-13,15H2,1-4H3,(H,28,31)(H,33,34)/t19-,20+,22+,27-/m1/s1. The molecule has 2 aromatic rings. The molecule has 1 aromatic carbocycles. The molecule has 1 aliphatic heterocycles. The lowest BCUT2D eigenvalue weighted by Gasteiger charge is -2.47. The first-order valence-corrected chi connectivity index (χ1v) is 12.2. The van der Waals surface area contributed by atoms with Gasteiger partial charge in [0.25, 0.3) is 5.91 Å². The molecule has 4 rings (SSSR count). The van der Waals surface area contributed by atoms with E-state index in [9.17, 15) is 19.5 Å². The fourth-order valence-corrected chi connectivity index (χ4v) is 5.50. The third-order valence-corrected chi connectivity index (χ3v) is 7.17. The van der Waals surface area contributed by atoms with Gasteiger partial charge in [-0.2, -0.15) is 0 Å². The molecule has 8 heteroatoms. The normalized spacial score (nSPS) is 27.1. The number of rotatable bonds is 6. The monoisotopic (exact) mass is 481 g/mol. The van der Waals surface area contributed by atoms with Gasteiger partial charge in [-0.3, -0.25) is 14.4 Å².